The maximum atomic E-state index is 11.9. The van der Waals surface area contributed by atoms with Crippen LogP contribution in [0.15, 0.2) is 24.3 Å². The van der Waals surface area contributed by atoms with Crippen LogP contribution in [0.25, 0.3) is 0 Å². The Bertz CT molecular complexity index is 471. The molecular formula is C14H22ClNO2S. The number of sulfonamides is 1. The van der Waals surface area contributed by atoms with Crippen LogP contribution < -0.4 is 4.72 Å². The molecule has 0 heterocycles. The Balaban J connectivity index is 2.62. The number of unbranched alkanes of at least 4 members (excludes halogenated alkanes) is 1. The number of halogens is 1. The lowest BCUT2D eigenvalue weighted by molar-refractivity contribution is 0.588. The van der Waals surface area contributed by atoms with Gasteiger partial charge in [-0.1, -0.05) is 32.4 Å². The SMILES string of the molecule is CCCCc1ccc(NS(=O)(=O)CC(C)CCl)cc1. The zero-order valence-electron chi connectivity index (χ0n) is 11.5. The van der Waals surface area contributed by atoms with Crippen molar-refractivity contribution in [2.75, 3.05) is 16.4 Å². The molecule has 0 aromatic heterocycles. The highest BCUT2D eigenvalue weighted by Gasteiger charge is 2.14. The molecule has 0 fully saturated rings. The summed E-state index contributed by atoms with van der Waals surface area (Å²) in [4.78, 5) is 0. The van der Waals surface area contributed by atoms with Gasteiger partial charge in [0, 0.05) is 11.6 Å². The highest BCUT2D eigenvalue weighted by atomic mass is 35.5. The van der Waals surface area contributed by atoms with Gasteiger partial charge in [0.15, 0.2) is 0 Å². The smallest absolute Gasteiger partial charge is 0.233 e. The highest BCUT2D eigenvalue weighted by Crippen LogP contribution is 2.14. The molecule has 0 bridgehead atoms. The molecule has 1 N–H and O–H groups in total. The third-order valence-electron chi connectivity index (χ3n) is 2.81. The Labute approximate surface area is 121 Å². The molecular weight excluding hydrogens is 282 g/mol. The average Bonchev–Trinajstić information content (AvgIpc) is 2.37. The lowest BCUT2D eigenvalue weighted by Gasteiger charge is -2.11. The summed E-state index contributed by atoms with van der Waals surface area (Å²) in [7, 11) is -3.31. The van der Waals surface area contributed by atoms with E-state index in [1.807, 2.05) is 31.2 Å². The van der Waals surface area contributed by atoms with Gasteiger partial charge in [0.1, 0.15) is 0 Å². The Kier molecular flexibility index (Phi) is 6.66. The number of rotatable bonds is 8. The van der Waals surface area contributed by atoms with Crippen molar-refractivity contribution in [3.8, 4) is 0 Å². The Morgan fingerprint density at radius 1 is 1.26 bits per heavy atom. The van der Waals surface area contributed by atoms with Gasteiger partial charge < -0.3 is 0 Å². The van der Waals surface area contributed by atoms with E-state index in [1.165, 1.54) is 5.56 Å². The van der Waals surface area contributed by atoms with Crippen LogP contribution in [0.3, 0.4) is 0 Å². The monoisotopic (exact) mass is 303 g/mol. The average molecular weight is 304 g/mol. The maximum Gasteiger partial charge on any atom is 0.233 e. The minimum Gasteiger partial charge on any atom is -0.284 e. The standard InChI is InChI=1S/C14H22ClNO2S/c1-3-4-5-13-6-8-14(9-7-13)16-19(17,18)11-12(2)10-15/h6-9,12,16H,3-5,10-11H2,1-2H3. The topological polar surface area (TPSA) is 46.2 Å². The third kappa shape index (κ3) is 6.30. The molecule has 19 heavy (non-hydrogen) atoms. The third-order valence-corrected chi connectivity index (χ3v) is 4.90. The molecule has 1 aromatic carbocycles. The van der Waals surface area contributed by atoms with Gasteiger partial charge in [0.2, 0.25) is 10.0 Å². The van der Waals surface area contributed by atoms with Crippen LogP contribution >= 0.6 is 11.6 Å². The Hall–Kier alpha value is -0.740. The first-order chi connectivity index (χ1) is 8.96. The summed E-state index contributed by atoms with van der Waals surface area (Å²) in [5.41, 5.74) is 1.85. The van der Waals surface area contributed by atoms with Crippen molar-refractivity contribution in [2.45, 2.75) is 33.1 Å². The van der Waals surface area contributed by atoms with Crippen molar-refractivity contribution in [2.24, 2.45) is 5.92 Å². The molecule has 1 rings (SSSR count). The Morgan fingerprint density at radius 2 is 1.89 bits per heavy atom. The van der Waals surface area contributed by atoms with Crippen molar-refractivity contribution in [3.05, 3.63) is 29.8 Å². The van der Waals surface area contributed by atoms with E-state index in [2.05, 4.69) is 11.6 Å². The van der Waals surface area contributed by atoms with Gasteiger partial charge >= 0.3 is 0 Å². The van der Waals surface area contributed by atoms with Crippen LogP contribution in [-0.4, -0.2) is 20.1 Å². The van der Waals surface area contributed by atoms with E-state index in [0.717, 1.165) is 19.3 Å². The number of hydrogen-bond acceptors (Lipinski definition) is 2. The first-order valence-corrected chi connectivity index (χ1v) is 8.81. The predicted molar refractivity (Wildman–Crippen MR) is 82.3 cm³/mol. The summed E-state index contributed by atoms with van der Waals surface area (Å²) in [5.74, 6) is 0.341. The van der Waals surface area contributed by atoms with Crippen molar-refractivity contribution in [1.29, 1.82) is 0 Å². The zero-order valence-corrected chi connectivity index (χ0v) is 13.1. The molecule has 0 aliphatic rings. The summed E-state index contributed by atoms with van der Waals surface area (Å²) < 4.78 is 26.3. The first-order valence-electron chi connectivity index (χ1n) is 6.62. The van der Waals surface area contributed by atoms with E-state index >= 15 is 0 Å². The van der Waals surface area contributed by atoms with Crippen molar-refractivity contribution in [3.63, 3.8) is 0 Å². The number of nitrogens with one attached hydrogen (secondary N) is 1. The van der Waals surface area contributed by atoms with E-state index in [-0.39, 0.29) is 11.7 Å². The highest BCUT2D eigenvalue weighted by molar-refractivity contribution is 7.92. The molecule has 0 amide bonds. The van der Waals surface area contributed by atoms with Crippen LogP contribution in [0.2, 0.25) is 0 Å². The van der Waals surface area contributed by atoms with Gasteiger partial charge in [-0.05, 0) is 36.5 Å². The van der Waals surface area contributed by atoms with Gasteiger partial charge in [0.05, 0.1) is 5.75 Å². The van der Waals surface area contributed by atoms with E-state index in [9.17, 15) is 8.42 Å². The molecule has 1 aromatic rings. The fourth-order valence-corrected chi connectivity index (χ4v) is 3.44. The largest absolute Gasteiger partial charge is 0.284 e. The van der Waals surface area contributed by atoms with Crippen LogP contribution in [0, 0.1) is 5.92 Å². The number of anilines is 1. The molecule has 0 saturated heterocycles. The summed E-state index contributed by atoms with van der Waals surface area (Å²) in [6.07, 6.45) is 3.34. The van der Waals surface area contributed by atoms with Crippen LogP contribution in [0.5, 0.6) is 0 Å². The van der Waals surface area contributed by atoms with Gasteiger partial charge in [-0.2, -0.15) is 0 Å². The van der Waals surface area contributed by atoms with E-state index < -0.39 is 10.0 Å². The molecule has 5 heteroatoms. The fourth-order valence-electron chi connectivity index (χ4n) is 1.76. The van der Waals surface area contributed by atoms with E-state index in [4.69, 9.17) is 11.6 Å². The normalized spacial score (nSPS) is 13.2. The summed E-state index contributed by atoms with van der Waals surface area (Å²) in [5, 5.41) is 0. The van der Waals surface area contributed by atoms with E-state index in [1.54, 1.807) is 0 Å². The van der Waals surface area contributed by atoms with Gasteiger partial charge in [0.25, 0.3) is 0 Å². The predicted octanol–water partition coefficient (Wildman–Crippen LogP) is 3.65. The quantitative estimate of drug-likeness (QED) is 0.745. The number of alkyl halides is 1. The van der Waals surface area contributed by atoms with Crippen molar-refractivity contribution >= 4 is 27.3 Å². The van der Waals surface area contributed by atoms with Crippen LogP contribution in [0.4, 0.5) is 5.69 Å². The van der Waals surface area contributed by atoms with Crippen molar-refractivity contribution < 1.29 is 8.42 Å². The molecule has 0 aliphatic heterocycles. The summed E-state index contributed by atoms with van der Waals surface area (Å²) >= 11 is 5.64. The second kappa shape index (κ2) is 7.75. The van der Waals surface area contributed by atoms with Gasteiger partial charge in [-0.3, -0.25) is 4.72 Å². The van der Waals surface area contributed by atoms with Gasteiger partial charge in [-0.15, -0.1) is 11.6 Å². The lowest BCUT2D eigenvalue weighted by Crippen LogP contribution is -2.22. The van der Waals surface area contributed by atoms with E-state index in [0.29, 0.717) is 11.6 Å². The maximum absolute atomic E-state index is 11.9. The lowest BCUT2D eigenvalue weighted by atomic mass is 10.1. The first kappa shape index (κ1) is 16.3. The Morgan fingerprint density at radius 3 is 2.42 bits per heavy atom. The number of aryl methyl sites for hydroxylation is 1. The molecule has 3 nitrogen and oxygen atoms in total. The minimum atomic E-state index is -3.31. The number of hydrogen-bond donors (Lipinski definition) is 1. The molecule has 1 unspecified atom stereocenters. The molecule has 0 aliphatic carbocycles. The number of benzene rings is 1. The molecule has 1 atom stereocenters. The van der Waals surface area contributed by atoms with Crippen molar-refractivity contribution in [1.82, 2.24) is 0 Å². The fraction of sp³-hybridized carbons (Fsp3) is 0.571. The second-order valence-electron chi connectivity index (χ2n) is 4.94. The molecule has 0 radical (unpaired) electrons. The second-order valence-corrected chi connectivity index (χ2v) is 7.02. The zero-order chi connectivity index (χ0) is 14.3. The molecule has 0 spiro atoms. The molecule has 108 valence electrons. The summed E-state index contributed by atoms with van der Waals surface area (Å²) in [6.45, 7) is 3.97. The van der Waals surface area contributed by atoms with Gasteiger partial charge in [-0.25, -0.2) is 8.42 Å². The van der Waals surface area contributed by atoms with Crippen LogP contribution in [0.1, 0.15) is 32.3 Å². The minimum absolute atomic E-state index is 0.0497. The van der Waals surface area contributed by atoms with Crippen LogP contribution in [-0.2, 0) is 16.4 Å². The molecule has 0 saturated carbocycles. The summed E-state index contributed by atoms with van der Waals surface area (Å²) in [6, 6.07) is 7.57.